The first kappa shape index (κ1) is 14.1. The van der Waals surface area contributed by atoms with Crippen molar-refractivity contribution in [1.29, 1.82) is 0 Å². The summed E-state index contributed by atoms with van der Waals surface area (Å²) in [6, 6.07) is 9.32. The Hall–Kier alpha value is -1.88. The number of rotatable bonds is 3. The van der Waals surface area contributed by atoms with Gasteiger partial charge in [-0.25, -0.2) is 4.79 Å². The van der Waals surface area contributed by atoms with Crippen LogP contribution in [0.4, 0.5) is 0 Å². The first-order valence-corrected chi connectivity index (χ1v) is 7.35. The third-order valence-electron chi connectivity index (χ3n) is 4.81. The molecule has 2 aliphatic heterocycles. The molecule has 1 aromatic carbocycles. The topological polar surface area (TPSA) is 72.6 Å². The molecule has 0 spiro atoms. The van der Waals surface area contributed by atoms with Crippen LogP contribution >= 0.6 is 0 Å². The first-order chi connectivity index (χ1) is 10.1. The maximum absolute atomic E-state index is 12.2. The highest BCUT2D eigenvalue weighted by atomic mass is 16.5. The zero-order chi connectivity index (χ0) is 15.0. The molecule has 112 valence electrons. The van der Waals surface area contributed by atoms with Crippen LogP contribution < -0.4 is 5.73 Å². The zero-order valence-corrected chi connectivity index (χ0v) is 12.1. The van der Waals surface area contributed by atoms with Gasteiger partial charge in [0.15, 0.2) is 0 Å². The van der Waals surface area contributed by atoms with Crippen molar-refractivity contribution in [3.8, 4) is 0 Å². The minimum absolute atomic E-state index is 0.0924. The van der Waals surface area contributed by atoms with E-state index in [1.807, 2.05) is 13.1 Å². The summed E-state index contributed by atoms with van der Waals surface area (Å²) in [4.78, 5) is 26.2. The molecule has 2 heterocycles. The highest BCUT2D eigenvalue weighted by Crippen LogP contribution is 2.39. The SMILES string of the molecule is CN1[C@@H]2CC[C@H]1[C@H](C(N)=O)[C@H](OC(=O)c1ccccc1)C2. The van der Waals surface area contributed by atoms with Crippen molar-refractivity contribution in [2.75, 3.05) is 7.05 Å². The second-order valence-electron chi connectivity index (χ2n) is 5.94. The third-order valence-corrected chi connectivity index (χ3v) is 4.81. The van der Waals surface area contributed by atoms with Gasteiger partial charge in [-0.2, -0.15) is 0 Å². The van der Waals surface area contributed by atoms with Gasteiger partial charge in [0.1, 0.15) is 6.10 Å². The predicted molar refractivity (Wildman–Crippen MR) is 77.5 cm³/mol. The molecule has 1 aromatic rings. The fourth-order valence-electron chi connectivity index (χ4n) is 3.69. The summed E-state index contributed by atoms with van der Waals surface area (Å²) >= 11 is 0. The molecule has 5 nitrogen and oxygen atoms in total. The van der Waals surface area contributed by atoms with E-state index in [2.05, 4.69) is 4.90 Å². The Labute approximate surface area is 124 Å². The number of hydrogen-bond acceptors (Lipinski definition) is 4. The molecule has 0 aromatic heterocycles. The summed E-state index contributed by atoms with van der Waals surface area (Å²) in [5, 5.41) is 0. The molecule has 0 radical (unpaired) electrons. The molecule has 2 fully saturated rings. The lowest BCUT2D eigenvalue weighted by Gasteiger charge is -2.40. The van der Waals surface area contributed by atoms with E-state index in [0.29, 0.717) is 18.0 Å². The second kappa shape index (κ2) is 5.48. The summed E-state index contributed by atoms with van der Waals surface area (Å²) < 4.78 is 5.61. The lowest BCUT2D eigenvalue weighted by atomic mass is 9.87. The molecule has 2 aliphatic rings. The van der Waals surface area contributed by atoms with Crippen LogP contribution in [0.3, 0.4) is 0 Å². The average Bonchev–Trinajstić information content (AvgIpc) is 2.72. The van der Waals surface area contributed by atoms with Gasteiger partial charge in [-0.1, -0.05) is 18.2 Å². The Kier molecular flexibility index (Phi) is 3.68. The Morgan fingerprint density at radius 2 is 1.95 bits per heavy atom. The van der Waals surface area contributed by atoms with Crippen molar-refractivity contribution in [1.82, 2.24) is 4.90 Å². The van der Waals surface area contributed by atoms with Crippen molar-refractivity contribution < 1.29 is 14.3 Å². The van der Waals surface area contributed by atoms with Gasteiger partial charge >= 0.3 is 5.97 Å². The molecule has 0 unspecified atom stereocenters. The predicted octanol–water partition coefficient (Wildman–Crippen LogP) is 1.18. The number of piperidine rings is 1. The van der Waals surface area contributed by atoms with E-state index in [1.165, 1.54) is 0 Å². The summed E-state index contributed by atoms with van der Waals surface area (Å²) in [6.07, 6.45) is 2.24. The lowest BCUT2D eigenvalue weighted by Crippen LogP contribution is -2.54. The van der Waals surface area contributed by atoms with E-state index < -0.39 is 12.0 Å². The van der Waals surface area contributed by atoms with E-state index in [0.717, 1.165) is 12.8 Å². The van der Waals surface area contributed by atoms with E-state index >= 15 is 0 Å². The normalized spacial score (nSPS) is 31.9. The fraction of sp³-hybridized carbons (Fsp3) is 0.500. The Balaban J connectivity index is 1.78. The number of fused-ring (bicyclic) bond motifs is 2. The first-order valence-electron chi connectivity index (χ1n) is 7.35. The molecule has 4 atom stereocenters. The molecule has 1 amide bonds. The average molecular weight is 288 g/mol. The highest BCUT2D eigenvalue weighted by molar-refractivity contribution is 5.90. The number of amides is 1. The van der Waals surface area contributed by atoms with Gasteiger partial charge in [0, 0.05) is 18.5 Å². The van der Waals surface area contributed by atoms with Gasteiger partial charge in [0.05, 0.1) is 11.5 Å². The summed E-state index contributed by atoms with van der Waals surface area (Å²) in [6.45, 7) is 0. The number of primary amides is 1. The number of carbonyl (C=O) groups is 2. The van der Waals surface area contributed by atoms with Crippen LogP contribution in [0.5, 0.6) is 0 Å². The number of benzene rings is 1. The van der Waals surface area contributed by atoms with E-state index in [9.17, 15) is 9.59 Å². The number of esters is 1. The van der Waals surface area contributed by atoms with Crippen molar-refractivity contribution in [2.24, 2.45) is 11.7 Å². The molecule has 2 N–H and O–H groups in total. The Morgan fingerprint density at radius 1 is 1.24 bits per heavy atom. The summed E-state index contributed by atoms with van der Waals surface area (Å²) in [7, 11) is 2.02. The van der Waals surface area contributed by atoms with Crippen molar-refractivity contribution in [3.63, 3.8) is 0 Å². The van der Waals surface area contributed by atoms with Crippen LogP contribution in [0.1, 0.15) is 29.6 Å². The standard InChI is InChI=1S/C16H20N2O3/c1-18-11-7-8-12(18)14(15(17)19)13(9-11)21-16(20)10-5-3-2-4-6-10/h2-6,11-14H,7-9H2,1H3,(H2,17,19)/t11-,12+,13-,14+/m1/s1. The number of ether oxygens (including phenoxy) is 1. The largest absolute Gasteiger partial charge is 0.458 e. The van der Waals surface area contributed by atoms with Crippen LogP contribution in [0.25, 0.3) is 0 Å². The smallest absolute Gasteiger partial charge is 0.338 e. The van der Waals surface area contributed by atoms with Crippen LogP contribution in [-0.4, -0.2) is 42.0 Å². The number of nitrogens with zero attached hydrogens (tertiary/aromatic N) is 1. The number of carbonyl (C=O) groups excluding carboxylic acids is 2. The van der Waals surface area contributed by atoms with E-state index in [4.69, 9.17) is 10.5 Å². The number of hydrogen-bond donors (Lipinski definition) is 1. The highest BCUT2D eigenvalue weighted by Gasteiger charge is 2.49. The molecular formula is C16H20N2O3. The molecule has 0 saturated carbocycles. The molecule has 21 heavy (non-hydrogen) atoms. The van der Waals surface area contributed by atoms with E-state index in [1.54, 1.807) is 24.3 Å². The molecule has 5 heteroatoms. The van der Waals surface area contributed by atoms with Gasteiger partial charge in [0.25, 0.3) is 0 Å². The van der Waals surface area contributed by atoms with E-state index in [-0.39, 0.29) is 17.9 Å². The monoisotopic (exact) mass is 288 g/mol. The maximum Gasteiger partial charge on any atom is 0.338 e. The van der Waals surface area contributed by atoms with Gasteiger partial charge in [-0.3, -0.25) is 9.69 Å². The van der Waals surface area contributed by atoms with Crippen molar-refractivity contribution >= 4 is 11.9 Å². The van der Waals surface area contributed by atoms with Crippen LogP contribution in [0.2, 0.25) is 0 Å². The molecule has 2 bridgehead atoms. The van der Waals surface area contributed by atoms with Crippen molar-refractivity contribution in [2.45, 2.75) is 37.5 Å². The zero-order valence-electron chi connectivity index (χ0n) is 12.1. The minimum atomic E-state index is -0.415. The van der Waals surface area contributed by atoms with Gasteiger partial charge in [0.2, 0.25) is 5.91 Å². The lowest BCUT2D eigenvalue weighted by molar-refractivity contribution is -0.131. The molecule has 0 aliphatic carbocycles. The fourth-order valence-corrected chi connectivity index (χ4v) is 3.69. The van der Waals surface area contributed by atoms with Crippen LogP contribution in [0.15, 0.2) is 30.3 Å². The van der Waals surface area contributed by atoms with Gasteiger partial charge in [-0.05, 0) is 32.0 Å². The van der Waals surface area contributed by atoms with Gasteiger partial charge in [-0.15, -0.1) is 0 Å². The Bertz CT molecular complexity index is 546. The van der Waals surface area contributed by atoms with Gasteiger partial charge < -0.3 is 10.5 Å². The number of nitrogens with two attached hydrogens (primary N) is 1. The summed E-state index contributed by atoms with van der Waals surface area (Å²) in [5.41, 5.74) is 6.07. The van der Waals surface area contributed by atoms with Crippen molar-refractivity contribution in [3.05, 3.63) is 35.9 Å². The quantitative estimate of drug-likeness (QED) is 0.848. The second-order valence-corrected chi connectivity index (χ2v) is 5.94. The molecule has 3 rings (SSSR count). The summed E-state index contributed by atoms with van der Waals surface area (Å²) in [5.74, 6) is -1.17. The van der Waals surface area contributed by atoms with Crippen LogP contribution in [-0.2, 0) is 9.53 Å². The van der Waals surface area contributed by atoms with Crippen LogP contribution in [0, 0.1) is 5.92 Å². The molecule has 2 saturated heterocycles. The third kappa shape index (κ3) is 2.53. The molecular weight excluding hydrogens is 268 g/mol. The maximum atomic E-state index is 12.2. The minimum Gasteiger partial charge on any atom is -0.458 e. The Morgan fingerprint density at radius 3 is 2.62 bits per heavy atom.